The molecule has 4 heteroatoms. The highest BCUT2D eigenvalue weighted by atomic mass is 16.5. The molecule has 2 aromatic rings. The highest BCUT2D eigenvalue weighted by Gasteiger charge is 2.09. The fraction of sp³-hybridized carbons (Fsp3) is 0.231. The van der Waals surface area contributed by atoms with Gasteiger partial charge >= 0.3 is 0 Å². The van der Waals surface area contributed by atoms with Gasteiger partial charge in [-0.25, -0.2) is 4.98 Å². The van der Waals surface area contributed by atoms with Crippen LogP contribution in [0.2, 0.25) is 0 Å². The largest absolute Gasteiger partial charge is 0.496 e. The minimum absolute atomic E-state index is 0.288. The van der Waals surface area contributed by atoms with Crippen molar-refractivity contribution in [3.05, 3.63) is 30.0 Å². The van der Waals surface area contributed by atoms with Gasteiger partial charge in [-0.2, -0.15) is 5.26 Å². The second kappa shape index (κ2) is 4.71. The molecular formula is C13H12N2O2. The molecule has 0 aliphatic rings. The van der Waals surface area contributed by atoms with Crippen molar-refractivity contribution in [2.24, 2.45) is 0 Å². The van der Waals surface area contributed by atoms with Gasteiger partial charge in [0.25, 0.3) is 0 Å². The van der Waals surface area contributed by atoms with Crippen LogP contribution in [0, 0.1) is 11.3 Å². The van der Waals surface area contributed by atoms with E-state index in [0.29, 0.717) is 5.75 Å². The van der Waals surface area contributed by atoms with Gasteiger partial charge in [0.1, 0.15) is 17.0 Å². The summed E-state index contributed by atoms with van der Waals surface area (Å²) in [6.45, 7) is 0. The number of aromatic nitrogens is 1. The molecule has 0 saturated heterocycles. The van der Waals surface area contributed by atoms with Crippen LogP contribution in [0.25, 0.3) is 10.9 Å². The first-order valence-electron chi connectivity index (χ1n) is 5.17. The number of rotatable bonds is 3. The van der Waals surface area contributed by atoms with Gasteiger partial charge in [-0.3, -0.25) is 0 Å². The fourth-order valence-corrected chi connectivity index (χ4v) is 1.73. The van der Waals surface area contributed by atoms with Crippen molar-refractivity contribution in [1.29, 1.82) is 5.26 Å². The van der Waals surface area contributed by atoms with E-state index in [-0.39, 0.29) is 6.42 Å². The Kier molecular flexibility index (Phi) is 3.10. The molecule has 17 heavy (non-hydrogen) atoms. The maximum absolute atomic E-state index is 8.67. The Morgan fingerprint density at radius 3 is 2.47 bits per heavy atom. The fourth-order valence-electron chi connectivity index (χ4n) is 1.73. The van der Waals surface area contributed by atoms with Crippen molar-refractivity contribution in [3.63, 3.8) is 0 Å². The predicted molar refractivity (Wildman–Crippen MR) is 64.2 cm³/mol. The lowest BCUT2D eigenvalue weighted by molar-refractivity contribution is 0.409. The zero-order valence-corrected chi connectivity index (χ0v) is 9.73. The molecule has 1 aromatic carbocycles. The van der Waals surface area contributed by atoms with Gasteiger partial charge in [0.2, 0.25) is 0 Å². The molecule has 86 valence electrons. The summed E-state index contributed by atoms with van der Waals surface area (Å²) in [6.07, 6.45) is 0.288. The quantitative estimate of drug-likeness (QED) is 0.809. The van der Waals surface area contributed by atoms with Crippen LogP contribution < -0.4 is 9.47 Å². The van der Waals surface area contributed by atoms with Crippen LogP contribution in [0.1, 0.15) is 5.69 Å². The predicted octanol–water partition coefficient (Wildman–Crippen LogP) is 2.32. The molecule has 0 bridgehead atoms. The first-order chi connectivity index (χ1) is 8.30. The van der Waals surface area contributed by atoms with Gasteiger partial charge < -0.3 is 9.47 Å². The van der Waals surface area contributed by atoms with E-state index in [2.05, 4.69) is 11.1 Å². The number of fused-ring (bicyclic) bond motifs is 1. The van der Waals surface area contributed by atoms with E-state index in [1.165, 1.54) is 0 Å². The summed E-state index contributed by atoms with van der Waals surface area (Å²) in [5.74, 6) is 1.43. The molecule has 0 unspecified atom stereocenters. The summed E-state index contributed by atoms with van der Waals surface area (Å²) in [5, 5.41) is 9.56. The second-order valence-corrected chi connectivity index (χ2v) is 3.50. The summed E-state index contributed by atoms with van der Waals surface area (Å²) >= 11 is 0. The molecule has 0 atom stereocenters. The van der Waals surface area contributed by atoms with Crippen LogP contribution in [0.15, 0.2) is 24.3 Å². The van der Waals surface area contributed by atoms with Crippen molar-refractivity contribution < 1.29 is 9.47 Å². The summed E-state index contributed by atoms with van der Waals surface area (Å²) in [4.78, 5) is 4.42. The van der Waals surface area contributed by atoms with Crippen LogP contribution in [0.3, 0.4) is 0 Å². The zero-order valence-electron chi connectivity index (χ0n) is 9.73. The summed E-state index contributed by atoms with van der Waals surface area (Å²) < 4.78 is 10.5. The van der Waals surface area contributed by atoms with Crippen molar-refractivity contribution >= 4 is 10.9 Å². The molecular weight excluding hydrogens is 216 g/mol. The van der Waals surface area contributed by atoms with E-state index in [1.54, 1.807) is 14.2 Å². The number of benzene rings is 1. The molecule has 0 amide bonds. The smallest absolute Gasteiger partial charge is 0.145 e. The highest BCUT2D eigenvalue weighted by molar-refractivity contribution is 5.90. The third kappa shape index (κ3) is 2.00. The molecule has 0 spiro atoms. The average Bonchev–Trinajstić information content (AvgIpc) is 2.37. The Morgan fingerprint density at radius 2 is 1.82 bits per heavy atom. The monoisotopic (exact) mass is 228 g/mol. The molecule has 2 rings (SSSR count). The van der Waals surface area contributed by atoms with Crippen LogP contribution in [0.5, 0.6) is 11.5 Å². The average molecular weight is 228 g/mol. The van der Waals surface area contributed by atoms with Gasteiger partial charge in [0, 0.05) is 5.39 Å². The van der Waals surface area contributed by atoms with Crippen LogP contribution >= 0.6 is 0 Å². The lowest BCUT2D eigenvalue weighted by atomic mass is 10.1. The van der Waals surface area contributed by atoms with E-state index in [0.717, 1.165) is 22.3 Å². The van der Waals surface area contributed by atoms with Crippen molar-refractivity contribution in [2.45, 2.75) is 6.42 Å². The van der Waals surface area contributed by atoms with E-state index >= 15 is 0 Å². The number of methoxy groups -OCH3 is 2. The Labute approximate surface area is 99.4 Å². The SMILES string of the molecule is COc1ccc(OC)c2nc(CC#N)ccc12. The number of nitriles is 1. The van der Waals surface area contributed by atoms with E-state index < -0.39 is 0 Å². The Bertz CT molecular complexity index is 588. The van der Waals surface area contributed by atoms with Crippen molar-refractivity contribution in [1.82, 2.24) is 4.98 Å². The Hall–Kier alpha value is -2.28. The molecule has 0 radical (unpaired) electrons. The molecule has 0 aliphatic heterocycles. The van der Waals surface area contributed by atoms with Crippen LogP contribution in [-0.2, 0) is 6.42 Å². The van der Waals surface area contributed by atoms with Gasteiger partial charge in [0.15, 0.2) is 0 Å². The third-order valence-electron chi connectivity index (χ3n) is 2.54. The highest BCUT2D eigenvalue weighted by Crippen LogP contribution is 2.31. The summed E-state index contributed by atoms with van der Waals surface area (Å²) in [6, 6.07) is 9.46. The minimum Gasteiger partial charge on any atom is -0.496 e. The van der Waals surface area contributed by atoms with Crippen LogP contribution in [-0.4, -0.2) is 19.2 Å². The molecule has 1 aromatic heterocycles. The maximum atomic E-state index is 8.67. The normalized spacial score (nSPS) is 9.94. The van der Waals surface area contributed by atoms with Gasteiger partial charge in [-0.1, -0.05) is 0 Å². The first kappa shape index (κ1) is 11.2. The minimum atomic E-state index is 0.288. The van der Waals surface area contributed by atoms with Gasteiger partial charge in [0.05, 0.1) is 32.4 Å². The lowest BCUT2D eigenvalue weighted by Crippen LogP contribution is -1.94. The van der Waals surface area contributed by atoms with E-state index in [4.69, 9.17) is 14.7 Å². The van der Waals surface area contributed by atoms with Gasteiger partial charge in [-0.15, -0.1) is 0 Å². The molecule has 1 heterocycles. The number of nitrogens with zero attached hydrogens (tertiary/aromatic N) is 2. The van der Waals surface area contributed by atoms with E-state index in [9.17, 15) is 0 Å². The molecule has 0 N–H and O–H groups in total. The molecule has 0 aliphatic carbocycles. The maximum Gasteiger partial charge on any atom is 0.145 e. The van der Waals surface area contributed by atoms with Gasteiger partial charge in [-0.05, 0) is 24.3 Å². The number of hydrogen-bond donors (Lipinski definition) is 0. The number of pyridine rings is 1. The number of hydrogen-bond acceptors (Lipinski definition) is 4. The third-order valence-corrected chi connectivity index (χ3v) is 2.54. The zero-order chi connectivity index (χ0) is 12.3. The lowest BCUT2D eigenvalue weighted by Gasteiger charge is -2.09. The molecule has 0 fully saturated rings. The van der Waals surface area contributed by atoms with Crippen LogP contribution in [0.4, 0.5) is 0 Å². The van der Waals surface area contributed by atoms with E-state index in [1.807, 2.05) is 24.3 Å². The van der Waals surface area contributed by atoms with Crippen molar-refractivity contribution in [2.75, 3.05) is 14.2 Å². The topological polar surface area (TPSA) is 55.1 Å². The summed E-state index contributed by atoms with van der Waals surface area (Å²) in [5.41, 5.74) is 1.45. The standard InChI is InChI=1S/C13H12N2O2/c1-16-11-5-6-12(17-2)13-10(11)4-3-9(15-13)7-8-14/h3-6H,7H2,1-2H3. The molecule has 4 nitrogen and oxygen atoms in total. The first-order valence-corrected chi connectivity index (χ1v) is 5.17. The number of ether oxygens (including phenoxy) is 2. The second-order valence-electron chi connectivity index (χ2n) is 3.50. The molecule has 0 saturated carbocycles. The Morgan fingerprint density at radius 1 is 1.12 bits per heavy atom. The van der Waals surface area contributed by atoms with Crippen molar-refractivity contribution in [3.8, 4) is 17.6 Å². The summed E-state index contributed by atoms with van der Waals surface area (Å²) in [7, 11) is 3.21. The Balaban J connectivity index is 2.69.